The largest absolute Gasteiger partial charge is 0.394 e. The number of aliphatic hydroxyl groups is 1. The number of hydrogen-bond donors (Lipinski definition) is 3. The Bertz CT molecular complexity index is 549. The number of rotatable bonds is 6. The minimum Gasteiger partial charge on any atom is -0.394 e. The average Bonchev–Trinajstić information content (AvgIpc) is 2.80. The molecule has 1 unspecified atom stereocenters. The van der Waals surface area contributed by atoms with Crippen LogP contribution in [0.25, 0.3) is 11.0 Å². The van der Waals surface area contributed by atoms with E-state index in [1.165, 1.54) is 5.56 Å². The summed E-state index contributed by atoms with van der Waals surface area (Å²) in [6, 6.07) is 6.22. The molecule has 0 saturated heterocycles. The first-order chi connectivity index (χ1) is 9.06. The molecule has 0 amide bonds. The van der Waals surface area contributed by atoms with Crippen LogP contribution in [-0.4, -0.2) is 40.0 Å². The van der Waals surface area contributed by atoms with Crippen LogP contribution in [0.15, 0.2) is 23.4 Å². The Hall–Kier alpha value is -1.04. The lowest BCUT2D eigenvalue weighted by Gasteiger charge is -2.26. The Morgan fingerprint density at radius 3 is 2.95 bits per heavy atom. The lowest BCUT2D eigenvalue weighted by Crippen LogP contribution is -2.43. The minimum absolute atomic E-state index is 0.142. The van der Waals surface area contributed by atoms with Gasteiger partial charge >= 0.3 is 0 Å². The lowest BCUT2D eigenvalue weighted by molar-refractivity contribution is 0.179. The van der Waals surface area contributed by atoms with Crippen molar-refractivity contribution in [3.63, 3.8) is 0 Å². The van der Waals surface area contributed by atoms with E-state index in [0.29, 0.717) is 0 Å². The van der Waals surface area contributed by atoms with Gasteiger partial charge in [-0.3, -0.25) is 0 Å². The van der Waals surface area contributed by atoms with Gasteiger partial charge in [0.2, 0.25) is 0 Å². The molecule has 2 rings (SSSR count). The molecule has 0 saturated carbocycles. The number of likely N-dealkylation sites (N-methyl/N-ethyl adjacent to an activating group) is 1. The Balaban J connectivity index is 1.98. The van der Waals surface area contributed by atoms with E-state index in [1.54, 1.807) is 11.8 Å². The molecule has 5 heteroatoms. The molecule has 0 fully saturated rings. The Labute approximate surface area is 118 Å². The summed E-state index contributed by atoms with van der Waals surface area (Å²) < 4.78 is 0. The lowest BCUT2D eigenvalue weighted by atomic mass is 10.0. The van der Waals surface area contributed by atoms with Crippen LogP contribution in [0.3, 0.4) is 0 Å². The highest BCUT2D eigenvalue weighted by Gasteiger charge is 2.20. The molecule has 1 heterocycles. The van der Waals surface area contributed by atoms with Crippen LogP contribution in [0.2, 0.25) is 0 Å². The van der Waals surface area contributed by atoms with Gasteiger partial charge in [0.25, 0.3) is 0 Å². The molecule has 4 nitrogen and oxygen atoms in total. The standard InChI is InChI=1S/C14H21N3OS/c1-10-4-5-11-12(8-10)17-13(16-11)19-7-6-14(2,9-18)15-3/h4-5,8,15,18H,6-7,9H2,1-3H3,(H,16,17). The fraction of sp³-hybridized carbons (Fsp3) is 0.500. The van der Waals surface area contributed by atoms with Gasteiger partial charge < -0.3 is 15.4 Å². The molecule has 0 aliphatic heterocycles. The molecule has 1 aromatic carbocycles. The number of benzene rings is 1. The highest BCUT2D eigenvalue weighted by molar-refractivity contribution is 7.99. The Kier molecular flexibility index (Phi) is 4.50. The second-order valence-electron chi connectivity index (χ2n) is 5.13. The van der Waals surface area contributed by atoms with Crippen molar-refractivity contribution >= 4 is 22.8 Å². The minimum atomic E-state index is -0.213. The number of aromatic nitrogens is 2. The number of hydrogen-bond acceptors (Lipinski definition) is 4. The molecule has 2 aromatic rings. The zero-order valence-electron chi connectivity index (χ0n) is 11.7. The molecule has 0 spiro atoms. The number of H-pyrrole nitrogens is 1. The predicted molar refractivity (Wildman–Crippen MR) is 80.7 cm³/mol. The Morgan fingerprint density at radius 1 is 1.47 bits per heavy atom. The number of imidazole rings is 1. The number of aromatic amines is 1. The van der Waals surface area contributed by atoms with Gasteiger partial charge in [-0.25, -0.2) is 4.98 Å². The fourth-order valence-electron chi connectivity index (χ4n) is 1.82. The third-order valence-corrected chi connectivity index (χ3v) is 4.34. The van der Waals surface area contributed by atoms with Crippen molar-refractivity contribution in [2.45, 2.75) is 31.0 Å². The van der Waals surface area contributed by atoms with Crippen LogP contribution in [0.5, 0.6) is 0 Å². The number of nitrogens with zero attached hydrogens (tertiary/aromatic N) is 1. The maximum atomic E-state index is 9.33. The van der Waals surface area contributed by atoms with E-state index in [9.17, 15) is 5.11 Å². The summed E-state index contributed by atoms with van der Waals surface area (Å²) in [7, 11) is 1.88. The number of nitrogens with one attached hydrogen (secondary N) is 2. The molecule has 1 atom stereocenters. The molecule has 19 heavy (non-hydrogen) atoms. The van der Waals surface area contributed by atoms with Crippen LogP contribution in [-0.2, 0) is 0 Å². The van der Waals surface area contributed by atoms with Crippen LogP contribution >= 0.6 is 11.8 Å². The van der Waals surface area contributed by atoms with Gasteiger partial charge in [-0.05, 0) is 45.0 Å². The summed E-state index contributed by atoms with van der Waals surface area (Å²) in [6.07, 6.45) is 0.890. The van der Waals surface area contributed by atoms with Crippen LogP contribution in [0.1, 0.15) is 18.9 Å². The number of aryl methyl sites for hydroxylation is 1. The number of aliphatic hydroxyl groups excluding tert-OH is 1. The zero-order valence-corrected chi connectivity index (χ0v) is 12.5. The number of thioether (sulfide) groups is 1. The van der Waals surface area contributed by atoms with Crippen LogP contribution < -0.4 is 5.32 Å². The highest BCUT2D eigenvalue weighted by Crippen LogP contribution is 2.22. The van der Waals surface area contributed by atoms with Gasteiger partial charge in [-0.2, -0.15) is 0 Å². The second kappa shape index (κ2) is 5.94. The summed E-state index contributed by atoms with van der Waals surface area (Å²) in [5, 5.41) is 13.4. The molecule has 0 bridgehead atoms. The SMILES string of the molecule is CNC(C)(CO)CCSc1nc2ccc(C)cc2[nH]1. The van der Waals surface area contributed by atoms with E-state index < -0.39 is 0 Å². The third kappa shape index (κ3) is 3.49. The predicted octanol–water partition coefficient (Wildman–Crippen LogP) is 2.32. The van der Waals surface area contributed by atoms with Crippen molar-refractivity contribution in [1.29, 1.82) is 0 Å². The molecule has 104 valence electrons. The first kappa shape index (κ1) is 14.4. The summed E-state index contributed by atoms with van der Waals surface area (Å²) >= 11 is 1.69. The second-order valence-corrected chi connectivity index (χ2v) is 6.21. The van der Waals surface area contributed by atoms with Gasteiger partial charge in [0, 0.05) is 11.3 Å². The van der Waals surface area contributed by atoms with E-state index in [1.807, 2.05) is 20.0 Å². The van der Waals surface area contributed by atoms with Gasteiger partial charge in [0.15, 0.2) is 5.16 Å². The summed E-state index contributed by atoms with van der Waals surface area (Å²) in [4.78, 5) is 7.88. The number of fused-ring (bicyclic) bond motifs is 1. The van der Waals surface area contributed by atoms with E-state index in [0.717, 1.165) is 28.4 Å². The maximum absolute atomic E-state index is 9.33. The van der Waals surface area contributed by atoms with Crippen LogP contribution in [0, 0.1) is 6.92 Å². The van der Waals surface area contributed by atoms with Crippen molar-refractivity contribution in [2.75, 3.05) is 19.4 Å². The normalized spacial score (nSPS) is 14.7. The summed E-state index contributed by atoms with van der Waals surface area (Å²) in [5.74, 6) is 0.913. The van der Waals surface area contributed by atoms with Crippen molar-refractivity contribution < 1.29 is 5.11 Å². The topological polar surface area (TPSA) is 60.9 Å². The average molecular weight is 279 g/mol. The molecule has 0 aliphatic rings. The van der Waals surface area contributed by atoms with E-state index in [-0.39, 0.29) is 12.1 Å². The molecular formula is C14H21N3OS. The molecular weight excluding hydrogens is 258 g/mol. The van der Waals surface area contributed by atoms with Gasteiger partial charge in [0.1, 0.15) is 0 Å². The molecule has 0 radical (unpaired) electrons. The summed E-state index contributed by atoms with van der Waals surface area (Å²) in [6.45, 7) is 4.24. The Morgan fingerprint density at radius 2 is 2.26 bits per heavy atom. The smallest absolute Gasteiger partial charge is 0.166 e. The van der Waals surface area contributed by atoms with Crippen molar-refractivity contribution in [1.82, 2.24) is 15.3 Å². The molecule has 3 N–H and O–H groups in total. The summed E-state index contributed by atoms with van der Waals surface area (Å²) in [5.41, 5.74) is 3.11. The maximum Gasteiger partial charge on any atom is 0.166 e. The van der Waals surface area contributed by atoms with E-state index in [4.69, 9.17) is 0 Å². The fourth-order valence-corrected chi connectivity index (χ4v) is 2.92. The van der Waals surface area contributed by atoms with Crippen molar-refractivity contribution in [3.8, 4) is 0 Å². The van der Waals surface area contributed by atoms with Gasteiger partial charge in [-0.15, -0.1) is 0 Å². The highest BCUT2D eigenvalue weighted by atomic mass is 32.2. The molecule has 0 aliphatic carbocycles. The van der Waals surface area contributed by atoms with E-state index in [2.05, 4.69) is 34.3 Å². The quantitative estimate of drug-likeness (QED) is 0.710. The van der Waals surface area contributed by atoms with Gasteiger partial charge in [-0.1, -0.05) is 17.8 Å². The van der Waals surface area contributed by atoms with Crippen molar-refractivity contribution in [3.05, 3.63) is 23.8 Å². The first-order valence-corrected chi connectivity index (χ1v) is 7.44. The van der Waals surface area contributed by atoms with Crippen LogP contribution in [0.4, 0.5) is 0 Å². The third-order valence-electron chi connectivity index (χ3n) is 3.46. The van der Waals surface area contributed by atoms with E-state index >= 15 is 0 Å². The van der Waals surface area contributed by atoms with Crippen molar-refractivity contribution in [2.24, 2.45) is 0 Å². The first-order valence-electron chi connectivity index (χ1n) is 6.45. The van der Waals surface area contributed by atoms with Gasteiger partial charge in [0.05, 0.1) is 17.6 Å². The zero-order chi connectivity index (χ0) is 13.9. The molecule has 1 aromatic heterocycles. The monoisotopic (exact) mass is 279 g/mol.